The molecular weight excluding hydrogens is 316 g/mol. The topological polar surface area (TPSA) is 93.5 Å². The predicted octanol–water partition coefficient (Wildman–Crippen LogP) is 3.97. The van der Waals surface area contributed by atoms with Gasteiger partial charge >= 0.3 is 0 Å². The maximum atomic E-state index is 9.68. The number of hydrogen-bond acceptors (Lipinski definition) is 5. The summed E-state index contributed by atoms with van der Waals surface area (Å²) in [5.74, 6) is 1.16. The summed E-state index contributed by atoms with van der Waals surface area (Å²) in [4.78, 5) is 4.15. The van der Waals surface area contributed by atoms with Crippen LogP contribution in [0, 0.1) is 0 Å². The minimum atomic E-state index is 0.0272. The molecule has 2 aromatic carbocycles. The van der Waals surface area contributed by atoms with Crippen molar-refractivity contribution in [2.75, 3.05) is 5.32 Å². The molecular formula is C16H13ClN4O2. The molecule has 0 unspecified atom stereocenters. The SMILES string of the molecule is Oc1ccc(O)c(C=Nc2cc(Nc3cccc(Cl)c3)[nH]n2)c1. The second kappa shape index (κ2) is 6.41. The number of hydrogen-bond donors (Lipinski definition) is 4. The molecule has 7 heteroatoms. The molecule has 1 aromatic heterocycles. The third-order valence-corrected chi connectivity index (χ3v) is 3.25. The number of aromatic nitrogens is 2. The van der Waals surface area contributed by atoms with E-state index >= 15 is 0 Å². The maximum absolute atomic E-state index is 9.68. The van der Waals surface area contributed by atoms with Crippen molar-refractivity contribution in [3.05, 3.63) is 59.1 Å². The van der Waals surface area contributed by atoms with Crippen molar-refractivity contribution in [2.24, 2.45) is 4.99 Å². The van der Waals surface area contributed by atoms with E-state index < -0.39 is 0 Å². The number of nitrogens with one attached hydrogen (secondary N) is 2. The van der Waals surface area contributed by atoms with Crippen molar-refractivity contribution in [3.8, 4) is 11.5 Å². The van der Waals surface area contributed by atoms with E-state index in [-0.39, 0.29) is 11.5 Å². The van der Waals surface area contributed by atoms with Gasteiger partial charge in [0.15, 0.2) is 5.82 Å². The quantitative estimate of drug-likeness (QED) is 0.430. The van der Waals surface area contributed by atoms with Crippen LogP contribution in [0.25, 0.3) is 0 Å². The number of aliphatic imine (C=N–C) groups is 1. The van der Waals surface area contributed by atoms with Gasteiger partial charge in [-0.3, -0.25) is 5.10 Å². The fourth-order valence-corrected chi connectivity index (χ4v) is 2.13. The maximum Gasteiger partial charge on any atom is 0.175 e. The Hall–Kier alpha value is -2.99. The number of H-pyrrole nitrogens is 1. The van der Waals surface area contributed by atoms with E-state index in [0.29, 0.717) is 22.2 Å². The van der Waals surface area contributed by atoms with Crippen LogP contribution in [0.5, 0.6) is 11.5 Å². The lowest BCUT2D eigenvalue weighted by atomic mass is 10.2. The van der Waals surface area contributed by atoms with Gasteiger partial charge in [0.05, 0.1) is 0 Å². The zero-order valence-electron chi connectivity index (χ0n) is 11.9. The largest absolute Gasteiger partial charge is 0.508 e. The molecule has 0 atom stereocenters. The van der Waals surface area contributed by atoms with Gasteiger partial charge in [0, 0.05) is 28.6 Å². The molecule has 3 rings (SSSR count). The number of benzene rings is 2. The number of phenolic OH excluding ortho intramolecular Hbond substituents is 2. The highest BCUT2D eigenvalue weighted by molar-refractivity contribution is 6.30. The van der Waals surface area contributed by atoms with Crippen molar-refractivity contribution >= 4 is 35.1 Å². The summed E-state index contributed by atoms with van der Waals surface area (Å²) in [5, 5.41) is 29.7. The van der Waals surface area contributed by atoms with Gasteiger partial charge in [-0.2, -0.15) is 5.10 Å². The van der Waals surface area contributed by atoms with Gasteiger partial charge in [-0.05, 0) is 36.4 Å². The van der Waals surface area contributed by atoms with Crippen LogP contribution in [-0.2, 0) is 0 Å². The second-order valence-electron chi connectivity index (χ2n) is 4.78. The number of nitrogens with zero attached hydrogens (tertiary/aromatic N) is 2. The molecule has 0 bridgehead atoms. The standard InChI is InChI=1S/C16H13ClN4O2/c17-11-2-1-3-12(7-11)19-16-8-15(20-21-16)18-9-10-6-13(22)4-5-14(10)23/h1-9,22-23H,(H2,19,20,21). The Morgan fingerprint density at radius 2 is 2.00 bits per heavy atom. The smallest absolute Gasteiger partial charge is 0.175 e. The van der Waals surface area contributed by atoms with Gasteiger partial charge in [0.25, 0.3) is 0 Å². The fraction of sp³-hybridized carbons (Fsp3) is 0. The summed E-state index contributed by atoms with van der Waals surface area (Å²) in [5.41, 5.74) is 1.22. The first-order chi connectivity index (χ1) is 11.1. The fourth-order valence-electron chi connectivity index (χ4n) is 1.94. The van der Waals surface area contributed by atoms with Crippen LogP contribution in [0.15, 0.2) is 53.5 Å². The normalized spacial score (nSPS) is 11.0. The number of phenols is 2. The first-order valence-electron chi connectivity index (χ1n) is 6.74. The first-order valence-corrected chi connectivity index (χ1v) is 7.12. The predicted molar refractivity (Wildman–Crippen MR) is 90.3 cm³/mol. The molecule has 6 nitrogen and oxygen atoms in total. The third kappa shape index (κ3) is 3.81. The molecule has 0 radical (unpaired) electrons. The van der Waals surface area contributed by atoms with Crippen LogP contribution in [0.4, 0.5) is 17.3 Å². The van der Waals surface area contributed by atoms with Crippen LogP contribution in [-0.4, -0.2) is 26.6 Å². The highest BCUT2D eigenvalue weighted by Gasteiger charge is 2.02. The van der Waals surface area contributed by atoms with E-state index in [9.17, 15) is 10.2 Å². The molecule has 0 saturated carbocycles. The molecule has 23 heavy (non-hydrogen) atoms. The monoisotopic (exact) mass is 328 g/mol. The number of anilines is 2. The summed E-state index contributed by atoms with van der Waals surface area (Å²) >= 11 is 5.93. The van der Waals surface area contributed by atoms with Crippen molar-refractivity contribution < 1.29 is 10.2 Å². The molecule has 0 aliphatic carbocycles. The average Bonchev–Trinajstić information content (AvgIpc) is 2.96. The number of aromatic amines is 1. The highest BCUT2D eigenvalue weighted by atomic mass is 35.5. The molecule has 0 spiro atoms. The molecule has 0 amide bonds. The van der Waals surface area contributed by atoms with Crippen molar-refractivity contribution in [3.63, 3.8) is 0 Å². The Kier molecular flexibility index (Phi) is 4.16. The molecule has 4 N–H and O–H groups in total. The van der Waals surface area contributed by atoms with E-state index in [1.54, 1.807) is 18.2 Å². The highest BCUT2D eigenvalue weighted by Crippen LogP contribution is 2.23. The lowest BCUT2D eigenvalue weighted by Gasteiger charge is -2.02. The molecule has 0 aliphatic heterocycles. The molecule has 116 valence electrons. The minimum absolute atomic E-state index is 0.0272. The zero-order valence-corrected chi connectivity index (χ0v) is 12.6. The van der Waals surface area contributed by atoms with E-state index in [4.69, 9.17) is 11.6 Å². The van der Waals surface area contributed by atoms with Gasteiger partial charge in [-0.1, -0.05) is 17.7 Å². The Balaban J connectivity index is 1.74. The summed E-state index contributed by atoms with van der Waals surface area (Å²) in [6.45, 7) is 0. The molecule has 1 heterocycles. The molecule has 0 saturated heterocycles. The van der Waals surface area contributed by atoms with Gasteiger partial charge in [0.1, 0.15) is 17.3 Å². The van der Waals surface area contributed by atoms with Crippen molar-refractivity contribution in [2.45, 2.75) is 0 Å². The first kappa shape index (κ1) is 14.9. The van der Waals surface area contributed by atoms with Gasteiger partial charge in [-0.25, -0.2) is 4.99 Å². The van der Waals surface area contributed by atoms with Crippen LogP contribution in [0.1, 0.15) is 5.56 Å². The lowest BCUT2D eigenvalue weighted by Crippen LogP contribution is -1.89. The summed E-state index contributed by atoms with van der Waals surface area (Å²) in [6, 6.07) is 13.2. The van der Waals surface area contributed by atoms with Crippen molar-refractivity contribution in [1.82, 2.24) is 10.2 Å². The van der Waals surface area contributed by atoms with Crippen LogP contribution in [0.3, 0.4) is 0 Å². The van der Waals surface area contributed by atoms with Crippen LogP contribution < -0.4 is 5.32 Å². The van der Waals surface area contributed by atoms with Gasteiger partial charge in [0.2, 0.25) is 0 Å². The lowest BCUT2D eigenvalue weighted by molar-refractivity contribution is 0.459. The van der Waals surface area contributed by atoms with E-state index in [1.165, 1.54) is 24.4 Å². The Morgan fingerprint density at radius 1 is 1.13 bits per heavy atom. The van der Waals surface area contributed by atoms with E-state index in [1.807, 2.05) is 12.1 Å². The second-order valence-corrected chi connectivity index (χ2v) is 5.21. The number of aromatic hydroxyl groups is 2. The van der Waals surface area contributed by atoms with Gasteiger partial charge < -0.3 is 15.5 Å². The molecule has 0 fully saturated rings. The Bertz CT molecular complexity index is 861. The van der Waals surface area contributed by atoms with Gasteiger partial charge in [-0.15, -0.1) is 0 Å². The Morgan fingerprint density at radius 3 is 2.83 bits per heavy atom. The van der Waals surface area contributed by atoms with Crippen LogP contribution in [0.2, 0.25) is 5.02 Å². The molecule has 3 aromatic rings. The minimum Gasteiger partial charge on any atom is -0.508 e. The average molecular weight is 329 g/mol. The van der Waals surface area contributed by atoms with Crippen LogP contribution >= 0.6 is 11.6 Å². The van der Waals surface area contributed by atoms with E-state index in [2.05, 4.69) is 20.5 Å². The third-order valence-electron chi connectivity index (χ3n) is 3.01. The van der Waals surface area contributed by atoms with Crippen molar-refractivity contribution in [1.29, 1.82) is 0 Å². The zero-order chi connectivity index (χ0) is 16.2. The number of rotatable bonds is 4. The summed E-state index contributed by atoms with van der Waals surface area (Å²) in [6.07, 6.45) is 1.42. The summed E-state index contributed by atoms with van der Waals surface area (Å²) < 4.78 is 0. The Labute approximate surface area is 137 Å². The number of halogens is 1. The summed E-state index contributed by atoms with van der Waals surface area (Å²) in [7, 11) is 0. The van der Waals surface area contributed by atoms with E-state index in [0.717, 1.165) is 5.69 Å². The molecule has 0 aliphatic rings.